The zero-order valence-electron chi connectivity index (χ0n) is 10.5. The summed E-state index contributed by atoms with van der Waals surface area (Å²) in [5, 5.41) is 10.6. The van der Waals surface area contributed by atoms with Crippen LogP contribution in [0.15, 0.2) is 29.8 Å². The third kappa shape index (κ3) is 2.28. The number of thiophene rings is 1. The standard InChI is InChI=1S/C13H10ClN3O2S/c1-19-13(18)8-5-10(14)12-16-15-11(17(12)7-8)6-9-3-2-4-20-9/h2-5,7H,6H2,1H3. The maximum absolute atomic E-state index is 11.6. The van der Waals surface area contributed by atoms with Crippen molar-refractivity contribution in [3.05, 3.63) is 51.1 Å². The van der Waals surface area contributed by atoms with Gasteiger partial charge >= 0.3 is 5.97 Å². The normalized spacial score (nSPS) is 10.9. The molecule has 0 fully saturated rings. The maximum Gasteiger partial charge on any atom is 0.339 e. The number of fused-ring (bicyclic) bond motifs is 1. The fourth-order valence-corrected chi connectivity index (χ4v) is 2.87. The zero-order chi connectivity index (χ0) is 14.1. The Morgan fingerprint density at radius 3 is 3.05 bits per heavy atom. The van der Waals surface area contributed by atoms with E-state index in [-0.39, 0.29) is 0 Å². The quantitative estimate of drug-likeness (QED) is 0.698. The highest BCUT2D eigenvalue weighted by Gasteiger charge is 2.14. The summed E-state index contributed by atoms with van der Waals surface area (Å²) in [6.45, 7) is 0. The molecule has 102 valence electrons. The molecule has 0 saturated carbocycles. The van der Waals surface area contributed by atoms with E-state index < -0.39 is 5.97 Å². The molecular weight excluding hydrogens is 298 g/mol. The van der Waals surface area contributed by atoms with Crippen LogP contribution in [0.25, 0.3) is 5.65 Å². The average molecular weight is 308 g/mol. The van der Waals surface area contributed by atoms with Gasteiger partial charge in [0.05, 0.1) is 17.7 Å². The molecule has 20 heavy (non-hydrogen) atoms. The van der Waals surface area contributed by atoms with Crippen molar-refractivity contribution in [2.45, 2.75) is 6.42 Å². The molecule has 0 N–H and O–H groups in total. The second-order valence-corrected chi connectivity index (χ2v) is 5.57. The Morgan fingerprint density at radius 2 is 2.35 bits per heavy atom. The van der Waals surface area contributed by atoms with Crippen molar-refractivity contribution in [1.82, 2.24) is 14.6 Å². The van der Waals surface area contributed by atoms with Gasteiger partial charge in [-0.25, -0.2) is 4.79 Å². The first kappa shape index (κ1) is 13.1. The maximum atomic E-state index is 11.6. The van der Waals surface area contributed by atoms with Crippen molar-refractivity contribution in [2.24, 2.45) is 0 Å². The van der Waals surface area contributed by atoms with E-state index in [0.717, 1.165) is 5.82 Å². The van der Waals surface area contributed by atoms with Crippen LogP contribution in [0.3, 0.4) is 0 Å². The summed E-state index contributed by atoms with van der Waals surface area (Å²) in [5.74, 6) is 0.291. The van der Waals surface area contributed by atoms with Crippen LogP contribution < -0.4 is 0 Å². The average Bonchev–Trinajstić information content (AvgIpc) is 3.09. The summed E-state index contributed by atoms with van der Waals surface area (Å²) in [4.78, 5) is 12.8. The van der Waals surface area contributed by atoms with Gasteiger partial charge in [-0.2, -0.15) is 0 Å². The van der Waals surface area contributed by atoms with E-state index in [4.69, 9.17) is 16.3 Å². The number of nitrogens with zero attached hydrogens (tertiary/aromatic N) is 3. The molecule has 0 spiro atoms. The van der Waals surface area contributed by atoms with E-state index in [0.29, 0.717) is 22.7 Å². The van der Waals surface area contributed by atoms with E-state index in [1.54, 1.807) is 21.9 Å². The topological polar surface area (TPSA) is 56.5 Å². The van der Waals surface area contributed by atoms with E-state index in [1.165, 1.54) is 18.1 Å². The molecule has 0 bridgehead atoms. The van der Waals surface area contributed by atoms with E-state index in [9.17, 15) is 4.79 Å². The van der Waals surface area contributed by atoms with Gasteiger partial charge in [-0.3, -0.25) is 4.40 Å². The van der Waals surface area contributed by atoms with Gasteiger partial charge in [0.25, 0.3) is 0 Å². The van der Waals surface area contributed by atoms with Crippen LogP contribution in [0.1, 0.15) is 21.1 Å². The number of hydrogen-bond donors (Lipinski definition) is 0. The fourth-order valence-electron chi connectivity index (χ4n) is 1.92. The molecule has 0 aliphatic carbocycles. The van der Waals surface area contributed by atoms with Crippen molar-refractivity contribution in [2.75, 3.05) is 7.11 Å². The molecule has 0 atom stereocenters. The number of carbonyl (C=O) groups is 1. The molecule has 0 saturated heterocycles. The highest BCUT2D eigenvalue weighted by atomic mass is 35.5. The van der Waals surface area contributed by atoms with Gasteiger partial charge in [0.1, 0.15) is 5.82 Å². The van der Waals surface area contributed by atoms with Crippen LogP contribution in [0.5, 0.6) is 0 Å². The lowest BCUT2D eigenvalue weighted by atomic mass is 10.2. The van der Waals surface area contributed by atoms with E-state index in [1.807, 2.05) is 17.5 Å². The SMILES string of the molecule is COC(=O)c1cc(Cl)c2nnc(Cc3cccs3)n2c1. The van der Waals surface area contributed by atoms with Gasteiger partial charge in [-0.05, 0) is 17.5 Å². The summed E-state index contributed by atoms with van der Waals surface area (Å²) < 4.78 is 6.44. The minimum Gasteiger partial charge on any atom is -0.465 e. The van der Waals surface area contributed by atoms with Gasteiger partial charge in [0.15, 0.2) is 5.65 Å². The lowest BCUT2D eigenvalue weighted by Crippen LogP contribution is -2.04. The number of halogens is 1. The van der Waals surface area contributed by atoms with Crippen LogP contribution in [-0.4, -0.2) is 27.7 Å². The first-order valence-corrected chi connectivity index (χ1v) is 7.08. The molecule has 7 heteroatoms. The van der Waals surface area contributed by atoms with Crippen LogP contribution >= 0.6 is 22.9 Å². The highest BCUT2D eigenvalue weighted by Crippen LogP contribution is 2.21. The van der Waals surface area contributed by atoms with Crippen molar-refractivity contribution in [1.29, 1.82) is 0 Å². The lowest BCUT2D eigenvalue weighted by molar-refractivity contribution is 0.0600. The molecule has 0 radical (unpaired) electrons. The summed E-state index contributed by atoms with van der Waals surface area (Å²) in [7, 11) is 1.33. The summed E-state index contributed by atoms with van der Waals surface area (Å²) in [6, 6.07) is 5.54. The molecule has 3 heterocycles. The Hall–Kier alpha value is -1.92. The molecule has 3 aromatic rings. The summed E-state index contributed by atoms with van der Waals surface area (Å²) in [5.41, 5.74) is 0.906. The number of ether oxygens (including phenoxy) is 1. The third-order valence-electron chi connectivity index (χ3n) is 2.86. The molecule has 0 aromatic carbocycles. The van der Waals surface area contributed by atoms with Gasteiger partial charge in [0, 0.05) is 17.5 Å². The number of esters is 1. The molecule has 0 unspecified atom stereocenters. The number of aromatic nitrogens is 3. The molecule has 0 aliphatic heterocycles. The lowest BCUT2D eigenvalue weighted by Gasteiger charge is -2.03. The number of rotatable bonds is 3. The Kier molecular flexibility index (Phi) is 3.42. The molecule has 3 rings (SSSR count). The Bertz CT molecular complexity index is 767. The summed E-state index contributed by atoms with van der Waals surface area (Å²) in [6.07, 6.45) is 2.29. The van der Waals surface area contributed by atoms with Crippen molar-refractivity contribution >= 4 is 34.6 Å². The highest BCUT2D eigenvalue weighted by molar-refractivity contribution is 7.09. The first-order chi connectivity index (χ1) is 9.69. The van der Waals surface area contributed by atoms with Gasteiger partial charge in [-0.15, -0.1) is 21.5 Å². The van der Waals surface area contributed by atoms with Crippen molar-refractivity contribution in [3.8, 4) is 0 Å². The molecular formula is C13H10ClN3O2S. The van der Waals surface area contributed by atoms with Crippen LogP contribution in [-0.2, 0) is 11.2 Å². The fraction of sp³-hybridized carbons (Fsp3) is 0.154. The van der Waals surface area contributed by atoms with Crippen LogP contribution in [0.4, 0.5) is 0 Å². The molecule has 5 nitrogen and oxygen atoms in total. The summed E-state index contributed by atoms with van der Waals surface area (Å²) >= 11 is 7.77. The predicted molar refractivity (Wildman–Crippen MR) is 76.5 cm³/mol. The predicted octanol–water partition coefficient (Wildman–Crippen LogP) is 2.82. The third-order valence-corrected chi connectivity index (χ3v) is 4.02. The number of hydrogen-bond acceptors (Lipinski definition) is 5. The molecule has 3 aromatic heterocycles. The van der Waals surface area contributed by atoms with Gasteiger partial charge in [0.2, 0.25) is 0 Å². The number of pyridine rings is 1. The van der Waals surface area contributed by atoms with Gasteiger partial charge in [-0.1, -0.05) is 17.7 Å². The first-order valence-electron chi connectivity index (χ1n) is 5.83. The largest absolute Gasteiger partial charge is 0.465 e. The molecule has 0 amide bonds. The second kappa shape index (κ2) is 5.22. The Labute approximate surface area is 123 Å². The van der Waals surface area contributed by atoms with Crippen molar-refractivity contribution in [3.63, 3.8) is 0 Å². The molecule has 0 aliphatic rings. The van der Waals surface area contributed by atoms with Crippen molar-refractivity contribution < 1.29 is 9.53 Å². The van der Waals surface area contributed by atoms with Gasteiger partial charge < -0.3 is 4.74 Å². The minimum absolute atomic E-state index is 0.372. The number of methoxy groups -OCH3 is 1. The van der Waals surface area contributed by atoms with Crippen LogP contribution in [0, 0.1) is 0 Å². The Morgan fingerprint density at radius 1 is 1.50 bits per heavy atom. The van der Waals surface area contributed by atoms with Crippen LogP contribution in [0.2, 0.25) is 5.02 Å². The monoisotopic (exact) mass is 307 g/mol. The number of carbonyl (C=O) groups excluding carboxylic acids is 1. The second-order valence-electron chi connectivity index (χ2n) is 4.13. The Balaban J connectivity index is 2.09. The zero-order valence-corrected chi connectivity index (χ0v) is 12.1. The van der Waals surface area contributed by atoms with E-state index >= 15 is 0 Å². The van der Waals surface area contributed by atoms with E-state index in [2.05, 4.69) is 10.2 Å². The smallest absolute Gasteiger partial charge is 0.339 e. The minimum atomic E-state index is -0.440.